The molecule has 0 spiro atoms. The Balaban J connectivity index is 3.63. The van der Waals surface area contributed by atoms with Gasteiger partial charge in [-0.2, -0.15) is 0 Å². The molecule has 0 radical (unpaired) electrons. The molecule has 0 amide bonds. The largest absolute Gasteiger partial charge is 0.465 e. The Bertz CT molecular complexity index is 640. The molecule has 2 nitrogen and oxygen atoms in total. The van der Waals surface area contributed by atoms with Gasteiger partial charge in [0.1, 0.15) is 0 Å². The molecule has 0 N–H and O–H groups in total. The number of carbonyl (C=O) groups is 1. The molecule has 0 aromatic carbocycles. The summed E-state index contributed by atoms with van der Waals surface area (Å²) in [5.74, 6) is 2.20. The summed E-state index contributed by atoms with van der Waals surface area (Å²) in [6.45, 7) is 14.5. The van der Waals surface area contributed by atoms with Crippen LogP contribution in [0.2, 0.25) is 0 Å². The molecule has 2 heteroatoms. The molecular weight excluding hydrogens is 560 g/mol. The van der Waals surface area contributed by atoms with Crippen molar-refractivity contribution in [2.45, 2.75) is 234 Å². The highest BCUT2D eigenvalue weighted by molar-refractivity contribution is 5.71. The predicted octanol–water partition coefficient (Wildman–Crippen LogP) is 15.4. The van der Waals surface area contributed by atoms with E-state index >= 15 is 0 Å². The Morgan fingerprint density at radius 1 is 0.457 bits per heavy atom. The molecule has 0 aliphatic rings. The second-order valence-corrected chi connectivity index (χ2v) is 15.7. The van der Waals surface area contributed by atoms with Crippen molar-refractivity contribution in [3.05, 3.63) is 12.2 Å². The van der Waals surface area contributed by atoms with Gasteiger partial charge < -0.3 is 4.74 Å². The maximum absolute atomic E-state index is 12.5. The predicted molar refractivity (Wildman–Crippen MR) is 207 cm³/mol. The summed E-state index contributed by atoms with van der Waals surface area (Å²) < 4.78 is 5.65. The summed E-state index contributed by atoms with van der Waals surface area (Å²) >= 11 is 0. The molecule has 0 bridgehead atoms. The monoisotopic (exact) mass is 647 g/mol. The summed E-state index contributed by atoms with van der Waals surface area (Å²) in [6.07, 6.45) is 45.1. The van der Waals surface area contributed by atoms with Crippen LogP contribution < -0.4 is 0 Å². The van der Waals surface area contributed by atoms with Crippen molar-refractivity contribution >= 4 is 5.97 Å². The summed E-state index contributed by atoms with van der Waals surface area (Å²) in [5.41, 5.74) is 0. The van der Waals surface area contributed by atoms with Gasteiger partial charge in [0.05, 0.1) is 12.5 Å². The topological polar surface area (TPSA) is 26.3 Å². The van der Waals surface area contributed by atoms with Gasteiger partial charge in [0.25, 0.3) is 0 Å². The molecule has 0 fully saturated rings. The molecule has 0 saturated carbocycles. The highest BCUT2D eigenvalue weighted by atomic mass is 16.5. The summed E-state index contributed by atoms with van der Waals surface area (Å²) in [5, 5.41) is 0. The van der Waals surface area contributed by atoms with Crippen LogP contribution in [0.1, 0.15) is 234 Å². The van der Waals surface area contributed by atoms with Gasteiger partial charge in [-0.05, 0) is 69.1 Å². The minimum Gasteiger partial charge on any atom is -0.465 e. The van der Waals surface area contributed by atoms with Crippen molar-refractivity contribution in [1.82, 2.24) is 0 Å². The highest BCUT2D eigenvalue weighted by Gasteiger charge is 2.20. The van der Waals surface area contributed by atoms with E-state index in [2.05, 4.69) is 53.7 Å². The van der Waals surface area contributed by atoms with E-state index in [1.165, 1.54) is 180 Å². The van der Waals surface area contributed by atoms with Crippen LogP contribution in [-0.2, 0) is 9.53 Å². The van der Waals surface area contributed by atoms with Crippen molar-refractivity contribution in [2.24, 2.45) is 23.7 Å². The number of unbranched alkanes of at least 4 members (excludes halogenated alkanes) is 23. The minimum atomic E-state index is 0.0246. The third-order valence-corrected chi connectivity index (χ3v) is 10.2. The van der Waals surface area contributed by atoms with Gasteiger partial charge in [-0.3, -0.25) is 4.79 Å². The molecule has 46 heavy (non-hydrogen) atoms. The fraction of sp³-hybridized carbons (Fsp3) is 0.932. The Labute approximate surface area is 291 Å². The van der Waals surface area contributed by atoms with Crippen molar-refractivity contribution < 1.29 is 9.53 Å². The van der Waals surface area contributed by atoms with E-state index in [1.54, 1.807) is 0 Å². The molecule has 0 aliphatic heterocycles. The van der Waals surface area contributed by atoms with Gasteiger partial charge in [0.15, 0.2) is 0 Å². The molecular formula is C44H86O2. The van der Waals surface area contributed by atoms with Crippen LogP contribution in [0.5, 0.6) is 0 Å². The first-order chi connectivity index (χ1) is 22.4. The lowest BCUT2D eigenvalue weighted by atomic mass is 9.84. The molecule has 274 valence electrons. The first-order valence-electron chi connectivity index (χ1n) is 21.2. The zero-order chi connectivity index (χ0) is 33.9. The van der Waals surface area contributed by atoms with Crippen LogP contribution in [0, 0.1) is 23.7 Å². The fourth-order valence-electron chi connectivity index (χ4n) is 7.38. The molecule has 0 heterocycles. The van der Waals surface area contributed by atoms with Crippen LogP contribution in [0.3, 0.4) is 0 Å². The number of ether oxygens (including phenoxy) is 1. The average molecular weight is 647 g/mol. The van der Waals surface area contributed by atoms with Gasteiger partial charge in [0, 0.05) is 0 Å². The Kier molecular flexibility index (Phi) is 34.9. The van der Waals surface area contributed by atoms with Crippen LogP contribution in [0.25, 0.3) is 0 Å². The van der Waals surface area contributed by atoms with Crippen LogP contribution in [0.4, 0.5) is 0 Å². The third kappa shape index (κ3) is 33.1. The lowest BCUT2D eigenvalue weighted by Crippen LogP contribution is -2.19. The molecule has 0 rings (SSSR count). The quantitative estimate of drug-likeness (QED) is 0.0384. The second-order valence-electron chi connectivity index (χ2n) is 15.7. The van der Waals surface area contributed by atoms with Gasteiger partial charge in [0.2, 0.25) is 0 Å². The lowest BCUT2D eigenvalue weighted by molar-refractivity contribution is -0.148. The maximum atomic E-state index is 12.5. The van der Waals surface area contributed by atoms with Crippen molar-refractivity contribution in [2.75, 3.05) is 6.61 Å². The molecule has 0 aromatic heterocycles. The number of esters is 1. The first-order valence-corrected chi connectivity index (χ1v) is 21.2. The highest BCUT2D eigenvalue weighted by Crippen LogP contribution is 2.27. The van der Waals surface area contributed by atoms with Gasteiger partial charge in [-0.25, -0.2) is 0 Å². The molecule has 0 aromatic rings. The molecule has 4 atom stereocenters. The average Bonchev–Trinajstić information content (AvgIpc) is 3.02. The SMILES string of the molecule is CCCCCC/C=C/CCCCCCCCCCC(C)CC(C)CC(C)CC(C)C(=O)OCCCCCCCCCCCCCC. The smallest absolute Gasteiger partial charge is 0.308 e. The number of hydrogen-bond acceptors (Lipinski definition) is 2. The molecule has 4 unspecified atom stereocenters. The van der Waals surface area contributed by atoms with Crippen LogP contribution >= 0.6 is 0 Å². The Morgan fingerprint density at radius 3 is 1.33 bits per heavy atom. The van der Waals surface area contributed by atoms with E-state index in [9.17, 15) is 4.79 Å². The summed E-state index contributed by atoms with van der Waals surface area (Å²) in [6, 6.07) is 0. The van der Waals surface area contributed by atoms with Crippen LogP contribution in [0.15, 0.2) is 12.2 Å². The van der Waals surface area contributed by atoms with E-state index in [-0.39, 0.29) is 11.9 Å². The normalized spacial score (nSPS) is 14.5. The van der Waals surface area contributed by atoms with E-state index in [1.807, 2.05) is 0 Å². The van der Waals surface area contributed by atoms with E-state index < -0.39 is 0 Å². The van der Waals surface area contributed by atoms with Crippen molar-refractivity contribution in [1.29, 1.82) is 0 Å². The fourth-order valence-corrected chi connectivity index (χ4v) is 7.38. The van der Waals surface area contributed by atoms with Gasteiger partial charge >= 0.3 is 5.97 Å². The standard InChI is InChI=1S/C44H86O2/c1-7-9-11-13-15-17-19-21-22-23-24-25-27-29-31-33-35-40(3)37-41(4)38-42(5)39-43(6)44(45)46-36-34-32-30-28-26-20-18-16-14-12-10-8-2/h17,19,40-43H,7-16,18,20-39H2,1-6H3/b19-17+. The van der Waals surface area contributed by atoms with Crippen molar-refractivity contribution in [3.8, 4) is 0 Å². The minimum absolute atomic E-state index is 0.0246. The molecule has 0 saturated heterocycles. The summed E-state index contributed by atoms with van der Waals surface area (Å²) in [4.78, 5) is 12.5. The third-order valence-electron chi connectivity index (χ3n) is 10.2. The second kappa shape index (κ2) is 35.5. The zero-order valence-corrected chi connectivity index (χ0v) is 32.7. The van der Waals surface area contributed by atoms with Crippen molar-refractivity contribution in [3.63, 3.8) is 0 Å². The summed E-state index contributed by atoms with van der Waals surface area (Å²) in [7, 11) is 0. The first kappa shape index (κ1) is 45.2. The maximum Gasteiger partial charge on any atom is 0.308 e. The van der Waals surface area contributed by atoms with Crippen LogP contribution in [-0.4, -0.2) is 12.6 Å². The Hall–Kier alpha value is -0.790. The number of hydrogen-bond donors (Lipinski definition) is 0. The number of carbonyl (C=O) groups excluding carboxylic acids is 1. The number of allylic oxidation sites excluding steroid dienone is 2. The lowest BCUT2D eigenvalue weighted by Gasteiger charge is -2.22. The Morgan fingerprint density at radius 2 is 0.826 bits per heavy atom. The van der Waals surface area contributed by atoms with Gasteiger partial charge in [-0.15, -0.1) is 0 Å². The number of rotatable bonds is 36. The zero-order valence-electron chi connectivity index (χ0n) is 32.7. The van der Waals surface area contributed by atoms with E-state index in [4.69, 9.17) is 4.74 Å². The van der Waals surface area contributed by atoms with Gasteiger partial charge in [-0.1, -0.05) is 195 Å². The van der Waals surface area contributed by atoms with E-state index in [0.717, 1.165) is 24.7 Å². The molecule has 0 aliphatic carbocycles. The van der Waals surface area contributed by atoms with E-state index in [0.29, 0.717) is 12.5 Å².